The molecule has 1 amide bonds. The number of ether oxygens (including phenoxy) is 3. The summed E-state index contributed by atoms with van der Waals surface area (Å²) in [5, 5.41) is 6.04. The average Bonchev–Trinajstić information content (AvgIpc) is 3.39. The van der Waals surface area contributed by atoms with Gasteiger partial charge in [-0.25, -0.2) is 13.2 Å². The number of nitrogens with one attached hydrogen (secondary N) is 2. The molecule has 9 heteroatoms. The van der Waals surface area contributed by atoms with Crippen LogP contribution >= 0.6 is 0 Å². The van der Waals surface area contributed by atoms with Gasteiger partial charge < -0.3 is 24.8 Å². The summed E-state index contributed by atoms with van der Waals surface area (Å²) in [5.41, 5.74) is 1.15. The molecule has 0 bridgehead atoms. The number of rotatable bonds is 9. The van der Waals surface area contributed by atoms with Crippen molar-refractivity contribution in [1.82, 2.24) is 10.6 Å². The van der Waals surface area contributed by atoms with E-state index in [0.29, 0.717) is 23.9 Å². The van der Waals surface area contributed by atoms with Crippen LogP contribution in [0.15, 0.2) is 54.6 Å². The van der Waals surface area contributed by atoms with Crippen molar-refractivity contribution in [2.45, 2.75) is 25.2 Å². The summed E-state index contributed by atoms with van der Waals surface area (Å²) < 4.78 is 59.1. The second kappa shape index (κ2) is 11.8. The van der Waals surface area contributed by atoms with E-state index in [1.165, 1.54) is 24.3 Å². The van der Waals surface area contributed by atoms with E-state index in [2.05, 4.69) is 10.6 Å². The lowest BCUT2D eigenvalue weighted by atomic mass is 9.81. The Labute approximate surface area is 219 Å². The number of hydrogen-bond donors (Lipinski definition) is 2. The van der Waals surface area contributed by atoms with E-state index in [-0.39, 0.29) is 49.1 Å². The number of carbonyl (C=O) groups excluding carboxylic acids is 1. The third-order valence-corrected chi connectivity index (χ3v) is 7.02. The third-order valence-electron chi connectivity index (χ3n) is 7.02. The summed E-state index contributed by atoms with van der Waals surface area (Å²) in [6.45, 7) is 2.27. The van der Waals surface area contributed by atoms with Crippen molar-refractivity contribution >= 4 is 5.91 Å². The van der Waals surface area contributed by atoms with Crippen LogP contribution in [0.4, 0.5) is 13.2 Å². The zero-order chi connectivity index (χ0) is 26.5. The van der Waals surface area contributed by atoms with Gasteiger partial charge in [0.25, 0.3) is 0 Å². The summed E-state index contributed by atoms with van der Waals surface area (Å²) >= 11 is 0. The smallest absolute Gasteiger partial charge is 0.231 e. The topological polar surface area (TPSA) is 68.8 Å². The second-order valence-electron chi connectivity index (χ2n) is 9.51. The summed E-state index contributed by atoms with van der Waals surface area (Å²) in [6.07, 6.45) is 0.691. The van der Waals surface area contributed by atoms with Crippen LogP contribution in [0.2, 0.25) is 0 Å². The zero-order valence-electron chi connectivity index (χ0n) is 20.8. The summed E-state index contributed by atoms with van der Waals surface area (Å²) in [7, 11) is 0. The van der Waals surface area contributed by atoms with Crippen LogP contribution in [-0.4, -0.2) is 38.9 Å². The van der Waals surface area contributed by atoms with Crippen molar-refractivity contribution in [2.24, 2.45) is 5.92 Å². The maximum Gasteiger partial charge on any atom is 0.231 e. The Kier molecular flexibility index (Phi) is 8.03. The number of carbonyl (C=O) groups is 1. The number of amides is 1. The van der Waals surface area contributed by atoms with Gasteiger partial charge in [-0.1, -0.05) is 18.2 Å². The predicted molar refractivity (Wildman–Crippen MR) is 135 cm³/mol. The van der Waals surface area contributed by atoms with Crippen molar-refractivity contribution in [3.63, 3.8) is 0 Å². The lowest BCUT2D eigenvalue weighted by Crippen LogP contribution is -2.38. The molecule has 2 aliphatic heterocycles. The molecule has 0 saturated carbocycles. The molecule has 2 atom stereocenters. The Bertz CT molecular complexity index is 1280. The molecule has 1 fully saturated rings. The first-order chi connectivity index (χ1) is 18.5. The highest BCUT2D eigenvalue weighted by Gasteiger charge is 2.28. The van der Waals surface area contributed by atoms with E-state index in [0.717, 1.165) is 25.1 Å². The Morgan fingerprint density at radius 1 is 1.00 bits per heavy atom. The number of halogens is 3. The van der Waals surface area contributed by atoms with Crippen LogP contribution in [0.5, 0.6) is 17.2 Å². The van der Waals surface area contributed by atoms with Crippen LogP contribution < -0.4 is 24.8 Å². The van der Waals surface area contributed by atoms with Crippen LogP contribution in [0, 0.1) is 23.4 Å². The van der Waals surface area contributed by atoms with Crippen LogP contribution in [-0.2, 0) is 17.6 Å². The van der Waals surface area contributed by atoms with Crippen molar-refractivity contribution in [3.8, 4) is 17.2 Å². The molecule has 1 saturated heterocycles. The van der Waals surface area contributed by atoms with E-state index in [4.69, 9.17) is 14.2 Å². The van der Waals surface area contributed by atoms with Crippen molar-refractivity contribution < 1.29 is 32.2 Å². The quantitative estimate of drug-likeness (QED) is 0.430. The fraction of sp³-hybridized carbons (Fsp3) is 0.345. The summed E-state index contributed by atoms with van der Waals surface area (Å²) in [6, 6.07) is 14.0. The molecule has 0 aromatic heterocycles. The first kappa shape index (κ1) is 25.9. The molecular formula is C29H29F3N2O4. The number of hydrogen-bond acceptors (Lipinski definition) is 5. The van der Waals surface area contributed by atoms with Gasteiger partial charge in [0.15, 0.2) is 11.5 Å². The van der Waals surface area contributed by atoms with Gasteiger partial charge in [0.2, 0.25) is 12.7 Å². The van der Waals surface area contributed by atoms with Gasteiger partial charge in [0, 0.05) is 30.6 Å². The molecule has 5 rings (SSSR count). The SMILES string of the molecule is O=C(Cc1cc([C@@H]2CCNC[C@H]2COc2ccc3c(c2)OCO3)ccc1F)NCCc1c(F)cccc1F. The third kappa shape index (κ3) is 6.05. The second-order valence-corrected chi connectivity index (χ2v) is 9.51. The minimum absolute atomic E-state index is 0.00684. The van der Waals surface area contributed by atoms with Gasteiger partial charge in [-0.2, -0.15) is 0 Å². The minimum Gasteiger partial charge on any atom is -0.493 e. The Balaban J connectivity index is 1.20. The highest BCUT2D eigenvalue weighted by atomic mass is 19.1. The molecule has 3 aromatic carbocycles. The van der Waals surface area contributed by atoms with Crippen LogP contribution in [0.3, 0.4) is 0 Å². The van der Waals surface area contributed by atoms with E-state index < -0.39 is 23.4 Å². The van der Waals surface area contributed by atoms with Crippen LogP contribution in [0.1, 0.15) is 29.0 Å². The molecule has 0 aliphatic carbocycles. The largest absolute Gasteiger partial charge is 0.493 e. The number of piperidine rings is 1. The van der Waals surface area contributed by atoms with Gasteiger partial charge in [0.05, 0.1) is 13.0 Å². The fourth-order valence-electron chi connectivity index (χ4n) is 5.00. The van der Waals surface area contributed by atoms with E-state index in [1.54, 1.807) is 12.1 Å². The highest BCUT2D eigenvalue weighted by Crippen LogP contribution is 2.36. The van der Waals surface area contributed by atoms with Gasteiger partial charge in [-0.15, -0.1) is 0 Å². The maximum atomic E-state index is 14.6. The molecular weight excluding hydrogens is 497 g/mol. The first-order valence-electron chi connectivity index (χ1n) is 12.7. The molecule has 0 radical (unpaired) electrons. The minimum atomic E-state index is -0.656. The van der Waals surface area contributed by atoms with Crippen LogP contribution in [0.25, 0.3) is 0 Å². The molecule has 0 spiro atoms. The predicted octanol–water partition coefficient (Wildman–Crippen LogP) is 4.51. The summed E-state index contributed by atoms with van der Waals surface area (Å²) in [4.78, 5) is 12.5. The van der Waals surface area contributed by atoms with Gasteiger partial charge >= 0.3 is 0 Å². The number of benzene rings is 3. The molecule has 38 heavy (non-hydrogen) atoms. The summed E-state index contributed by atoms with van der Waals surface area (Å²) in [5.74, 6) is 0.100. The average molecular weight is 527 g/mol. The Morgan fingerprint density at radius 2 is 1.82 bits per heavy atom. The van der Waals surface area contributed by atoms with Crippen molar-refractivity contribution in [1.29, 1.82) is 0 Å². The maximum absolute atomic E-state index is 14.6. The Hall–Kier alpha value is -3.72. The monoisotopic (exact) mass is 526 g/mol. The van der Waals surface area contributed by atoms with Crippen molar-refractivity contribution in [3.05, 3.63) is 88.7 Å². The molecule has 3 aromatic rings. The zero-order valence-corrected chi connectivity index (χ0v) is 20.8. The highest BCUT2D eigenvalue weighted by molar-refractivity contribution is 5.78. The molecule has 2 aliphatic rings. The molecule has 6 nitrogen and oxygen atoms in total. The first-order valence-corrected chi connectivity index (χ1v) is 12.7. The molecule has 2 N–H and O–H groups in total. The number of fused-ring (bicyclic) bond motifs is 1. The molecule has 0 unspecified atom stereocenters. The van der Waals surface area contributed by atoms with E-state index >= 15 is 0 Å². The lowest BCUT2D eigenvalue weighted by molar-refractivity contribution is -0.120. The Morgan fingerprint density at radius 3 is 2.66 bits per heavy atom. The van der Waals surface area contributed by atoms with E-state index in [9.17, 15) is 18.0 Å². The van der Waals surface area contributed by atoms with Gasteiger partial charge in [-0.05, 0) is 66.8 Å². The molecule has 2 heterocycles. The fourth-order valence-corrected chi connectivity index (χ4v) is 5.00. The van der Waals surface area contributed by atoms with E-state index in [1.807, 2.05) is 18.2 Å². The lowest BCUT2D eigenvalue weighted by Gasteiger charge is -2.32. The molecule has 200 valence electrons. The standard InChI is InChI=1S/C29H29F3N2O4/c30-24-6-4-18(12-19(24)13-29(35)34-11-9-23-25(31)2-1-3-26(23)32)22-8-10-33-15-20(22)16-36-21-5-7-27-28(14-21)38-17-37-27/h1-7,12,14,20,22,33H,8-11,13,15-17H2,(H,34,35)/t20-,22-/m0/s1. The van der Waals surface area contributed by atoms with Crippen molar-refractivity contribution in [2.75, 3.05) is 33.0 Å². The normalized spacial score (nSPS) is 18.3. The van der Waals surface area contributed by atoms with Gasteiger partial charge in [-0.3, -0.25) is 4.79 Å². The van der Waals surface area contributed by atoms with Gasteiger partial charge in [0.1, 0.15) is 23.2 Å².